The highest BCUT2D eigenvalue weighted by Crippen LogP contribution is 2.35. The quantitative estimate of drug-likeness (QED) is 0.745. The van der Waals surface area contributed by atoms with Crippen LogP contribution in [0, 0.1) is 6.07 Å². The lowest BCUT2D eigenvalue weighted by molar-refractivity contribution is -0.275. The van der Waals surface area contributed by atoms with E-state index in [4.69, 9.17) is 0 Å². The molecular weight excluding hydrogens is 314 g/mol. The first-order valence-corrected chi connectivity index (χ1v) is 5.77. The number of hydrogen-bond acceptors (Lipinski definition) is 2. The minimum atomic E-state index is -4.94. The monoisotopic (exact) mass is 321 g/mol. The van der Waals surface area contributed by atoms with Gasteiger partial charge in [-0.25, -0.2) is 0 Å². The minimum Gasteiger partial charge on any atom is -0.406 e. The van der Waals surface area contributed by atoms with Crippen molar-refractivity contribution in [1.82, 2.24) is 0 Å². The van der Waals surface area contributed by atoms with Gasteiger partial charge in [0.2, 0.25) is 0 Å². The van der Waals surface area contributed by atoms with Gasteiger partial charge in [-0.05, 0) is 17.7 Å². The van der Waals surface area contributed by atoms with E-state index in [0.29, 0.717) is 0 Å². The summed E-state index contributed by atoms with van der Waals surface area (Å²) in [6, 6.07) is 10.6. The topological polar surface area (TPSA) is 18.5 Å². The molecule has 2 aromatic rings. The molecule has 0 atom stereocenters. The van der Waals surface area contributed by atoms with Gasteiger partial charge in [-0.15, -0.1) is 26.3 Å². The maximum atomic E-state index is 12.3. The van der Waals surface area contributed by atoms with Gasteiger partial charge in [0.25, 0.3) is 0 Å². The van der Waals surface area contributed by atoms with Crippen LogP contribution in [0.3, 0.4) is 0 Å². The lowest BCUT2D eigenvalue weighted by atomic mass is 10.0. The molecular formula is C14H7F6O2. The summed E-state index contributed by atoms with van der Waals surface area (Å²) in [5, 5.41) is 0. The van der Waals surface area contributed by atoms with Crippen LogP contribution in [0.1, 0.15) is 0 Å². The molecule has 0 amide bonds. The van der Waals surface area contributed by atoms with E-state index in [1.54, 1.807) is 0 Å². The Labute approximate surface area is 120 Å². The van der Waals surface area contributed by atoms with Gasteiger partial charge in [-0.2, -0.15) is 0 Å². The van der Waals surface area contributed by atoms with Crippen molar-refractivity contribution in [2.24, 2.45) is 0 Å². The van der Waals surface area contributed by atoms with Crippen molar-refractivity contribution in [2.75, 3.05) is 0 Å². The van der Waals surface area contributed by atoms with Crippen molar-refractivity contribution >= 4 is 0 Å². The molecule has 8 heteroatoms. The van der Waals surface area contributed by atoms with Gasteiger partial charge in [0.15, 0.2) is 0 Å². The minimum absolute atomic E-state index is 0.0625. The van der Waals surface area contributed by atoms with Gasteiger partial charge >= 0.3 is 12.7 Å². The second-order valence-electron chi connectivity index (χ2n) is 4.04. The smallest absolute Gasteiger partial charge is 0.406 e. The highest BCUT2D eigenvalue weighted by molar-refractivity contribution is 5.71. The number of benzene rings is 2. The standard InChI is InChI=1S/C14H7F6O2/c15-13(16,17)21-10-5-3-4-9(8-10)11-6-1-2-7-12(11)22-14(18,19)20/h1-6,8H. The third-order valence-corrected chi connectivity index (χ3v) is 2.41. The zero-order valence-corrected chi connectivity index (χ0v) is 10.6. The van der Waals surface area contributed by atoms with E-state index in [-0.39, 0.29) is 11.1 Å². The maximum Gasteiger partial charge on any atom is 0.573 e. The summed E-state index contributed by atoms with van der Waals surface area (Å²) in [5.41, 5.74) is 0.00491. The second kappa shape index (κ2) is 5.78. The zero-order chi connectivity index (χ0) is 16.4. The van der Waals surface area contributed by atoms with E-state index < -0.39 is 24.2 Å². The average molecular weight is 321 g/mol. The number of ether oxygens (including phenoxy) is 2. The molecule has 0 N–H and O–H groups in total. The lowest BCUT2D eigenvalue weighted by Crippen LogP contribution is -2.18. The van der Waals surface area contributed by atoms with E-state index >= 15 is 0 Å². The summed E-state index contributed by atoms with van der Waals surface area (Å²) in [7, 11) is 0. The van der Waals surface area contributed by atoms with Crippen molar-refractivity contribution in [2.45, 2.75) is 12.7 Å². The van der Waals surface area contributed by atoms with Gasteiger partial charge in [0, 0.05) is 11.6 Å². The van der Waals surface area contributed by atoms with Crippen LogP contribution in [0.4, 0.5) is 26.3 Å². The number of para-hydroxylation sites is 1. The first-order valence-electron chi connectivity index (χ1n) is 5.77. The van der Waals surface area contributed by atoms with E-state index in [1.807, 2.05) is 0 Å². The molecule has 0 aliphatic carbocycles. The molecule has 0 saturated carbocycles. The highest BCUT2D eigenvalue weighted by atomic mass is 19.4. The predicted molar refractivity (Wildman–Crippen MR) is 64.1 cm³/mol. The number of rotatable bonds is 3. The lowest BCUT2D eigenvalue weighted by Gasteiger charge is -2.14. The number of hydrogen-bond donors (Lipinski definition) is 0. The van der Waals surface area contributed by atoms with Crippen LogP contribution >= 0.6 is 0 Å². The van der Waals surface area contributed by atoms with Gasteiger partial charge in [-0.1, -0.05) is 30.3 Å². The summed E-state index contributed by atoms with van der Waals surface area (Å²) in [5.74, 6) is -1.19. The average Bonchev–Trinajstić information content (AvgIpc) is 2.35. The Kier molecular flexibility index (Phi) is 4.20. The Balaban J connectivity index is 2.38. The first kappa shape index (κ1) is 16.0. The van der Waals surface area contributed by atoms with Gasteiger partial charge in [0.05, 0.1) is 0 Å². The van der Waals surface area contributed by atoms with Crippen molar-refractivity contribution in [3.63, 3.8) is 0 Å². The van der Waals surface area contributed by atoms with E-state index in [9.17, 15) is 26.3 Å². The molecule has 22 heavy (non-hydrogen) atoms. The molecule has 0 aliphatic heterocycles. The van der Waals surface area contributed by atoms with Crippen LogP contribution in [0.5, 0.6) is 11.5 Å². The fraction of sp³-hybridized carbons (Fsp3) is 0.143. The fourth-order valence-electron chi connectivity index (χ4n) is 1.71. The van der Waals surface area contributed by atoms with Crippen LogP contribution in [0.15, 0.2) is 42.5 Å². The molecule has 0 saturated heterocycles. The van der Waals surface area contributed by atoms with E-state index in [0.717, 1.165) is 12.1 Å². The molecule has 0 aliphatic rings. The van der Waals surface area contributed by atoms with E-state index in [2.05, 4.69) is 15.5 Å². The Morgan fingerprint density at radius 1 is 0.818 bits per heavy atom. The summed E-state index contributed by atoms with van der Waals surface area (Å²) >= 11 is 0. The summed E-state index contributed by atoms with van der Waals surface area (Å²) < 4.78 is 81.0. The summed E-state index contributed by atoms with van der Waals surface area (Å²) in [6.45, 7) is 0. The van der Waals surface area contributed by atoms with Crippen molar-refractivity contribution in [3.8, 4) is 22.6 Å². The summed E-state index contributed by atoms with van der Waals surface area (Å²) in [4.78, 5) is 0. The predicted octanol–water partition coefficient (Wildman–Crippen LogP) is 4.95. The molecule has 1 radical (unpaired) electrons. The third-order valence-electron chi connectivity index (χ3n) is 2.41. The van der Waals surface area contributed by atoms with Crippen LogP contribution in [-0.4, -0.2) is 12.7 Å². The fourth-order valence-corrected chi connectivity index (χ4v) is 1.71. The first-order chi connectivity index (χ1) is 10.1. The van der Waals surface area contributed by atoms with Crippen LogP contribution < -0.4 is 9.47 Å². The molecule has 0 aromatic heterocycles. The van der Waals surface area contributed by atoms with Crippen molar-refractivity contribution in [3.05, 3.63) is 48.5 Å². The van der Waals surface area contributed by atoms with Crippen LogP contribution in [0.2, 0.25) is 0 Å². The number of alkyl halides is 6. The molecule has 2 rings (SSSR count). The Morgan fingerprint density at radius 3 is 2.14 bits per heavy atom. The van der Waals surface area contributed by atoms with Crippen molar-refractivity contribution < 1.29 is 35.8 Å². The third kappa shape index (κ3) is 4.57. The van der Waals surface area contributed by atoms with Crippen LogP contribution in [0.25, 0.3) is 11.1 Å². The van der Waals surface area contributed by atoms with E-state index in [1.165, 1.54) is 30.3 Å². The molecule has 2 nitrogen and oxygen atoms in total. The van der Waals surface area contributed by atoms with Gasteiger partial charge < -0.3 is 9.47 Å². The molecule has 0 bridgehead atoms. The normalized spacial score (nSPS) is 12.1. The molecule has 0 unspecified atom stereocenters. The van der Waals surface area contributed by atoms with Crippen molar-refractivity contribution in [1.29, 1.82) is 0 Å². The zero-order valence-electron chi connectivity index (χ0n) is 10.6. The molecule has 0 heterocycles. The molecule has 117 valence electrons. The SMILES string of the molecule is FC(F)(F)Oc1cccc(-c2ccc[c]c2OC(F)(F)F)c1. The molecule has 0 spiro atoms. The molecule has 2 aromatic carbocycles. The van der Waals surface area contributed by atoms with Gasteiger partial charge in [0.1, 0.15) is 11.5 Å². The largest absolute Gasteiger partial charge is 0.573 e. The number of halogens is 6. The second-order valence-corrected chi connectivity index (χ2v) is 4.04. The maximum absolute atomic E-state index is 12.3. The Morgan fingerprint density at radius 2 is 1.50 bits per heavy atom. The summed E-state index contributed by atoms with van der Waals surface area (Å²) in [6.07, 6.45) is -9.83. The Bertz CT molecular complexity index is 648. The Hall–Kier alpha value is -2.38. The van der Waals surface area contributed by atoms with Crippen LogP contribution in [-0.2, 0) is 0 Å². The van der Waals surface area contributed by atoms with Gasteiger partial charge in [-0.3, -0.25) is 0 Å². The molecule has 0 fully saturated rings. The highest BCUT2D eigenvalue weighted by Gasteiger charge is 2.33.